The largest absolute Gasteiger partial charge is 0.484 e. The lowest BCUT2D eigenvalue weighted by Crippen LogP contribution is -2.45. The third kappa shape index (κ3) is 2.58. The summed E-state index contributed by atoms with van der Waals surface area (Å²) in [7, 11) is 0. The number of rotatable bonds is 3. The molecule has 0 N–H and O–H groups in total. The molecule has 0 bridgehead atoms. The maximum atomic E-state index is 11.4. The molecule has 126 valence electrons. The van der Waals surface area contributed by atoms with E-state index in [9.17, 15) is 4.79 Å². The first-order chi connectivity index (χ1) is 11.4. The molecule has 5 nitrogen and oxygen atoms in total. The van der Waals surface area contributed by atoms with E-state index in [0.717, 1.165) is 17.7 Å². The molecule has 0 saturated heterocycles. The average molecular weight is 326 g/mol. The van der Waals surface area contributed by atoms with Crippen molar-refractivity contribution in [3.05, 3.63) is 51.4 Å². The fourth-order valence-corrected chi connectivity index (χ4v) is 3.53. The Morgan fingerprint density at radius 1 is 1.29 bits per heavy atom. The van der Waals surface area contributed by atoms with Crippen LogP contribution in [0.4, 0.5) is 0 Å². The molecular weight excluding hydrogens is 304 g/mol. The summed E-state index contributed by atoms with van der Waals surface area (Å²) < 4.78 is 14.1. The first kappa shape index (κ1) is 15.2. The molecule has 24 heavy (non-hydrogen) atoms. The molecule has 1 atom stereocenters. The molecule has 5 heteroatoms. The summed E-state index contributed by atoms with van der Waals surface area (Å²) in [5.74, 6) is 0.919. The van der Waals surface area contributed by atoms with Gasteiger partial charge in [0.05, 0.1) is 6.54 Å². The van der Waals surface area contributed by atoms with Crippen molar-refractivity contribution in [2.24, 2.45) is 0 Å². The molecule has 2 aromatic rings. The molecule has 2 heterocycles. The predicted octanol–water partition coefficient (Wildman–Crippen LogP) is 2.66. The van der Waals surface area contributed by atoms with Crippen molar-refractivity contribution >= 4 is 0 Å². The Labute approximate surface area is 141 Å². The lowest BCUT2D eigenvalue weighted by Gasteiger charge is -2.32. The van der Waals surface area contributed by atoms with Crippen LogP contribution in [0.15, 0.2) is 29.2 Å². The molecule has 1 unspecified atom stereocenters. The van der Waals surface area contributed by atoms with Gasteiger partial charge in [0.15, 0.2) is 6.10 Å². The van der Waals surface area contributed by atoms with E-state index in [2.05, 4.69) is 24.0 Å². The third-order valence-corrected chi connectivity index (χ3v) is 5.00. The van der Waals surface area contributed by atoms with Gasteiger partial charge in [0.2, 0.25) is 0 Å². The van der Waals surface area contributed by atoms with E-state index < -0.39 is 5.60 Å². The maximum Gasteiger partial charge on any atom is 0.300 e. The van der Waals surface area contributed by atoms with Crippen LogP contribution < -0.4 is 15.0 Å². The lowest BCUT2D eigenvalue weighted by atomic mass is 10.0. The maximum absolute atomic E-state index is 11.4. The highest BCUT2D eigenvalue weighted by molar-refractivity contribution is 5.44. The van der Waals surface area contributed by atoms with Crippen LogP contribution >= 0.6 is 0 Å². The lowest BCUT2D eigenvalue weighted by molar-refractivity contribution is -0.00508. The van der Waals surface area contributed by atoms with Gasteiger partial charge in [-0.05, 0) is 62.8 Å². The van der Waals surface area contributed by atoms with Gasteiger partial charge in [0.25, 0.3) is 11.6 Å². The summed E-state index contributed by atoms with van der Waals surface area (Å²) >= 11 is 0. The highest BCUT2D eigenvalue weighted by atomic mass is 16.6. The Balaban J connectivity index is 1.57. The zero-order valence-electron chi connectivity index (χ0n) is 14.3. The molecule has 1 aromatic carbocycles. The van der Waals surface area contributed by atoms with Gasteiger partial charge >= 0.3 is 0 Å². The van der Waals surface area contributed by atoms with Crippen LogP contribution in [-0.2, 0) is 19.4 Å². The Hall–Kier alpha value is -2.30. The zero-order valence-corrected chi connectivity index (χ0v) is 14.3. The van der Waals surface area contributed by atoms with Crippen molar-refractivity contribution in [3.63, 3.8) is 0 Å². The van der Waals surface area contributed by atoms with Gasteiger partial charge in [-0.3, -0.25) is 9.36 Å². The first-order valence-corrected chi connectivity index (χ1v) is 8.48. The van der Waals surface area contributed by atoms with Gasteiger partial charge < -0.3 is 9.47 Å². The summed E-state index contributed by atoms with van der Waals surface area (Å²) in [5.41, 5.74) is 3.19. The summed E-state index contributed by atoms with van der Waals surface area (Å²) in [6.45, 7) is 6.76. The zero-order chi connectivity index (χ0) is 16.9. The molecule has 1 aromatic heterocycles. The van der Waals surface area contributed by atoms with Crippen LogP contribution in [0.2, 0.25) is 0 Å². The van der Waals surface area contributed by atoms with Gasteiger partial charge in [-0.15, -0.1) is 0 Å². The highest BCUT2D eigenvalue weighted by Crippen LogP contribution is 2.34. The minimum absolute atomic E-state index is 0.195. The Kier molecular flexibility index (Phi) is 3.41. The second-order valence-electron chi connectivity index (χ2n) is 7.25. The number of fused-ring (bicyclic) bond motifs is 2. The minimum atomic E-state index is -0.533. The molecule has 1 aliphatic heterocycles. The first-order valence-electron chi connectivity index (χ1n) is 8.48. The van der Waals surface area contributed by atoms with Crippen molar-refractivity contribution < 1.29 is 9.47 Å². The third-order valence-electron chi connectivity index (χ3n) is 5.00. The number of benzene rings is 1. The van der Waals surface area contributed by atoms with Crippen molar-refractivity contribution in [1.82, 2.24) is 9.55 Å². The number of nitrogens with zero attached hydrogens (tertiary/aromatic N) is 2. The van der Waals surface area contributed by atoms with Gasteiger partial charge in [0.1, 0.15) is 11.4 Å². The quantitative estimate of drug-likeness (QED) is 0.870. The van der Waals surface area contributed by atoms with E-state index in [1.165, 1.54) is 30.0 Å². The topological polar surface area (TPSA) is 53.4 Å². The fourth-order valence-electron chi connectivity index (χ4n) is 3.53. The summed E-state index contributed by atoms with van der Waals surface area (Å²) in [6.07, 6.45) is 5.05. The molecule has 0 fully saturated rings. The van der Waals surface area contributed by atoms with E-state index in [1.807, 2.05) is 18.4 Å². The van der Waals surface area contributed by atoms with Crippen LogP contribution in [0.3, 0.4) is 0 Å². The van der Waals surface area contributed by atoms with Crippen molar-refractivity contribution in [3.8, 4) is 11.8 Å². The monoisotopic (exact) mass is 326 g/mol. The number of ether oxygens (including phenoxy) is 2. The van der Waals surface area contributed by atoms with Gasteiger partial charge in [-0.1, -0.05) is 6.07 Å². The van der Waals surface area contributed by atoms with Crippen molar-refractivity contribution in [2.75, 3.05) is 0 Å². The van der Waals surface area contributed by atoms with Gasteiger partial charge in [-0.25, -0.2) is 0 Å². The molecule has 0 amide bonds. The van der Waals surface area contributed by atoms with Crippen LogP contribution in [-0.4, -0.2) is 21.3 Å². The molecule has 0 spiro atoms. The highest BCUT2D eigenvalue weighted by Gasteiger charge is 2.39. The van der Waals surface area contributed by atoms with Crippen molar-refractivity contribution in [2.45, 2.75) is 58.3 Å². The van der Waals surface area contributed by atoms with Gasteiger partial charge in [0, 0.05) is 12.3 Å². The van der Waals surface area contributed by atoms with E-state index >= 15 is 0 Å². The standard InChI is InChI=1S/C19H22N2O3/c1-12-9-13-5-4-6-14(13)10-15(12)24-19(2,3)16-11-21-8-7-17(22)20-18(21)23-16/h7-10,16H,4-6,11H2,1-3H3. The summed E-state index contributed by atoms with van der Waals surface area (Å²) in [5, 5.41) is 0. The Bertz CT molecular complexity index is 854. The molecule has 2 aliphatic rings. The van der Waals surface area contributed by atoms with Gasteiger partial charge in [-0.2, -0.15) is 4.98 Å². The molecule has 0 saturated carbocycles. The second kappa shape index (κ2) is 5.36. The predicted molar refractivity (Wildman–Crippen MR) is 90.8 cm³/mol. The number of hydrogen-bond acceptors (Lipinski definition) is 4. The van der Waals surface area contributed by atoms with Crippen LogP contribution in [0.1, 0.15) is 37.0 Å². The molecular formula is C19H22N2O3. The number of aromatic nitrogens is 2. The normalized spacial score (nSPS) is 18.9. The smallest absolute Gasteiger partial charge is 0.300 e. The summed E-state index contributed by atoms with van der Waals surface area (Å²) in [6, 6.07) is 6.25. The average Bonchev–Trinajstić information content (AvgIpc) is 3.13. The van der Waals surface area contributed by atoms with E-state index in [1.54, 1.807) is 6.20 Å². The Morgan fingerprint density at radius 3 is 2.83 bits per heavy atom. The van der Waals surface area contributed by atoms with Crippen LogP contribution in [0.25, 0.3) is 0 Å². The van der Waals surface area contributed by atoms with Crippen molar-refractivity contribution in [1.29, 1.82) is 0 Å². The molecule has 0 radical (unpaired) electrons. The molecule has 1 aliphatic carbocycles. The van der Waals surface area contributed by atoms with Crippen LogP contribution in [0, 0.1) is 6.92 Å². The number of aryl methyl sites for hydroxylation is 3. The second-order valence-corrected chi connectivity index (χ2v) is 7.25. The van der Waals surface area contributed by atoms with E-state index in [0.29, 0.717) is 12.6 Å². The van der Waals surface area contributed by atoms with E-state index in [4.69, 9.17) is 9.47 Å². The SMILES string of the molecule is Cc1cc2c(cc1OC(C)(C)C1Cn3ccc(=O)nc3O1)CCC2. The number of hydrogen-bond donors (Lipinski definition) is 0. The molecule has 4 rings (SSSR count). The minimum Gasteiger partial charge on any atom is -0.484 e. The van der Waals surface area contributed by atoms with E-state index in [-0.39, 0.29) is 11.7 Å². The Morgan fingerprint density at radius 2 is 2.04 bits per heavy atom. The fraction of sp³-hybridized carbons (Fsp3) is 0.474. The summed E-state index contributed by atoms with van der Waals surface area (Å²) in [4.78, 5) is 15.3. The van der Waals surface area contributed by atoms with Crippen LogP contribution in [0.5, 0.6) is 11.8 Å².